The van der Waals surface area contributed by atoms with Crippen molar-refractivity contribution < 1.29 is 4.74 Å². The van der Waals surface area contributed by atoms with Crippen LogP contribution in [-0.4, -0.2) is 41.1 Å². The van der Waals surface area contributed by atoms with E-state index >= 15 is 0 Å². The van der Waals surface area contributed by atoms with Crippen molar-refractivity contribution in [3.05, 3.63) is 4.77 Å². The van der Waals surface area contributed by atoms with E-state index in [1.54, 1.807) is 7.11 Å². The van der Waals surface area contributed by atoms with Gasteiger partial charge in [-0.1, -0.05) is 6.92 Å². The number of anilines is 1. The molecule has 0 saturated heterocycles. The first kappa shape index (κ1) is 14.2. The number of methoxy groups -OCH3 is 1. The molecule has 5 nitrogen and oxygen atoms in total. The van der Waals surface area contributed by atoms with Gasteiger partial charge in [-0.2, -0.15) is 0 Å². The number of hydrogen-bond acceptors (Lipinski definition) is 4. The Labute approximate surface area is 108 Å². The number of nitrogens with zero attached hydrogens (tertiary/aromatic N) is 3. The highest BCUT2D eigenvalue weighted by Gasteiger charge is 2.18. The van der Waals surface area contributed by atoms with Crippen LogP contribution in [0.2, 0.25) is 0 Å². The minimum absolute atomic E-state index is 0.417. The summed E-state index contributed by atoms with van der Waals surface area (Å²) in [6.45, 7) is 8.76. The molecule has 0 aliphatic heterocycles. The van der Waals surface area contributed by atoms with Gasteiger partial charge in [-0.25, -0.2) is 5.10 Å². The third kappa shape index (κ3) is 3.29. The zero-order chi connectivity index (χ0) is 12.8. The molecular weight excluding hydrogens is 236 g/mol. The molecule has 1 N–H and O–H groups in total. The van der Waals surface area contributed by atoms with E-state index in [1.807, 2.05) is 4.57 Å². The van der Waals surface area contributed by atoms with Crippen LogP contribution in [0.1, 0.15) is 27.2 Å². The largest absolute Gasteiger partial charge is 0.383 e. The lowest BCUT2D eigenvalue weighted by atomic mass is 10.2. The molecule has 0 aromatic carbocycles. The van der Waals surface area contributed by atoms with Crippen LogP contribution < -0.4 is 4.90 Å². The third-order valence-corrected chi connectivity index (χ3v) is 3.28. The molecule has 1 aromatic heterocycles. The first-order valence-corrected chi connectivity index (χ1v) is 6.47. The maximum absolute atomic E-state index is 5.21. The molecule has 6 heteroatoms. The Morgan fingerprint density at radius 1 is 1.53 bits per heavy atom. The van der Waals surface area contributed by atoms with Gasteiger partial charge in [0.25, 0.3) is 0 Å². The second-order valence-electron chi connectivity index (χ2n) is 4.02. The molecule has 1 heterocycles. The van der Waals surface area contributed by atoms with Crippen LogP contribution in [0.5, 0.6) is 0 Å². The zero-order valence-corrected chi connectivity index (χ0v) is 11.9. The van der Waals surface area contributed by atoms with E-state index in [4.69, 9.17) is 17.0 Å². The Kier molecular flexibility index (Phi) is 5.64. The molecule has 0 amide bonds. The Bertz CT molecular complexity index is 387. The predicted molar refractivity (Wildman–Crippen MR) is 72.1 cm³/mol. The smallest absolute Gasteiger partial charge is 0.226 e. The van der Waals surface area contributed by atoms with Crippen LogP contribution in [0.3, 0.4) is 0 Å². The second-order valence-corrected chi connectivity index (χ2v) is 4.40. The molecule has 98 valence electrons. The molecule has 17 heavy (non-hydrogen) atoms. The lowest BCUT2D eigenvalue weighted by Gasteiger charge is -2.29. The van der Waals surface area contributed by atoms with Crippen LogP contribution in [-0.2, 0) is 11.3 Å². The molecule has 1 unspecified atom stereocenters. The van der Waals surface area contributed by atoms with Crippen molar-refractivity contribution in [3.8, 4) is 0 Å². The van der Waals surface area contributed by atoms with Crippen LogP contribution in [0.15, 0.2) is 0 Å². The number of aromatic amines is 1. The summed E-state index contributed by atoms with van der Waals surface area (Å²) in [7, 11) is 1.71. The van der Waals surface area contributed by atoms with Gasteiger partial charge in [0.2, 0.25) is 5.95 Å². The number of hydrogen-bond donors (Lipinski definition) is 1. The summed E-state index contributed by atoms with van der Waals surface area (Å²) < 4.78 is 7.84. The highest BCUT2D eigenvalue weighted by molar-refractivity contribution is 7.71. The van der Waals surface area contributed by atoms with Gasteiger partial charge in [0.05, 0.1) is 6.61 Å². The van der Waals surface area contributed by atoms with Crippen molar-refractivity contribution >= 4 is 18.2 Å². The number of H-pyrrole nitrogens is 1. The van der Waals surface area contributed by atoms with Gasteiger partial charge in [0.15, 0.2) is 4.77 Å². The van der Waals surface area contributed by atoms with Crippen molar-refractivity contribution in [2.45, 2.75) is 39.8 Å². The summed E-state index contributed by atoms with van der Waals surface area (Å²) in [6.07, 6.45) is 1.06. The minimum Gasteiger partial charge on any atom is -0.383 e. The molecule has 0 bridgehead atoms. The Morgan fingerprint density at radius 2 is 2.24 bits per heavy atom. The summed E-state index contributed by atoms with van der Waals surface area (Å²) in [4.78, 5) is 2.24. The molecule has 0 radical (unpaired) electrons. The number of ether oxygens (including phenoxy) is 1. The van der Waals surface area contributed by atoms with Gasteiger partial charge in [0, 0.05) is 26.2 Å². The van der Waals surface area contributed by atoms with Crippen LogP contribution >= 0.6 is 12.2 Å². The average Bonchev–Trinajstić information content (AvgIpc) is 2.70. The highest BCUT2D eigenvalue weighted by atomic mass is 32.1. The number of rotatable bonds is 7. The second kappa shape index (κ2) is 6.76. The van der Waals surface area contributed by atoms with Crippen molar-refractivity contribution in [2.75, 3.05) is 25.2 Å². The predicted octanol–water partition coefficient (Wildman–Crippen LogP) is 2.21. The monoisotopic (exact) mass is 258 g/mol. The normalized spacial score (nSPS) is 12.7. The SMILES string of the molecule is CCC(C)N(CCOC)c1n[nH]c(=S)n1CC. The first-order valence-electron chi connectivity index (χ1n) is 6.06. The van der Waals surface area contributed by atoms with Crippen molar-refractivity contribution in [1.29, 1.82) is 0 Å². The van der Waals surface area contributed by atoms with Gasteiger partial charge >= 0.3 is 0 Å². The fourth-order valence-corrected chi connectivity index (χ4v) is 2.00. The van der Waals surface area contributed by atoms with Gasteiger partial charge in [-0.3, -0.25) is 4.57 Å². The van der Waals surface area contributed by atoms with E-state index in [-0.39, 0.29) is 0 Å². The van der Waals surface area contributed by atoms with Gasteiger partial charge in [-0.05, 0) is 32.5 Å². The summed E-state index contributed by atoms with van der Waals surface area (Å²) in [5.41, 5.74) is 0. The summed E-state index contributed by atoms with van der Waals surface area (Å²) in [5.74, 6) is 0.906. The van der Waals surface area contributed by atoms with Crippen molar-refractivity contribution in [3.63, 3.8) is 0 Å². The average molecular weight is 258 g/mol. The molecule has 0 saturated carbocycles. The maximum atomic E-state index is 5.21. The van der Waals surface area contributed by atoms with Crippen LogP contribution in [0.4, 0.5) is 5.95 Å². The third-order valence-electron chi connectivity index (χ3n) is 2.97. The fourth-order valence-electron chi connectivity index (χ4n) is 1.74. The summed E-state index contributed by atoms with van der Waals surface area (Å²) >= 11 is 5.21. The van der Waals surface area contributed by atoms with E-state index in [2.05, 4.69) is 35.9 Å². The maximum Gasteiger partial charge on any atom is 0.226 e. The number of nitrogens with one attached hydrogen (secondary N) is 1. The summed E-state index contributed by atoms with van der Waals surface area (Å²) in [5, 5.41) is 7.18. The molecular formula is C11H22N4OS. The van der Waals surface area contributed by atoms with E-state index in [1.165, 1.54) is 0 Å². The number of aromatic nitrogens is 3. The van der Waals surface area contributed by atoms with Gasteiger partial charge < -0.3 is 9.64 Å². The van der Waals surface area contributed by atoms with Crippen molar-refractivity contribution in [1.82, 2.24) is 14.8 Å². The van der Waals surface area contributed by atoms with Crippen LogP contribution in [0.25, 0.3) is 0 Å². The fraction of sp³-hybridized carbons (Fsp3) is 0.818. The molecule has 0 aliphatic rings. The van der Waals surface area contributed by atoms with Gasteiger partial charge in [-0.15, -0.1) is 5.10 Å². The highest BCUT2D eigenvalue weighted by Crippen LogP contribution is 2.16. The standard InChI is InChI=1S/C11H22N4OS/c1-5-9(3)15(7-8-16-4)10-12-13-11(17)14(10)6-2/h9H,5-8H2,1-4H3,(H,13,17). The van der Waals surface area contributed by atoms with E-state index in [0.717, 1.165) is 25.5 Å². The Morgan fingerprint density at radius 3 is 2.76 bits per heavy atom. The summed E-state index contributed by atoms with van der Waals surface area (Å²) in [6, 6.07) is 0.417. The molecule has 1 rings (SSSR count). The van der Waals surface area contributed by atoms with E-state index in [0.29, 0.717) is 17.4 Å². The quantitative estimate of drug-likeness (QED) is 0.762. The Hall–Kier alpha value is -0.880. The molecule has 1 atom stereocenters. The Balaban J connectivity index is 2.98. The molecule has 0 fully saturated rings. The van der Waals surface area contributed by atoms with Gasteiger partial charge in [0.1, 0.15) is 0 Å². The van der Waals surface area contributed by atoms with Crippen molar-refractivity contribution in [2.24, 2.45) is 0 Å². The van der Waals surface area contributed by atoms with E-state index in [9.17, 15) is 0 Å². The topological polar surface area (TPSA) is 46.1 Å². The molecule has 0 spiro atoms. The minimum atomic E-state index is 0.417. The molecule has 0 aliphatic carbocycles. The first-order chi connectivity index (χ1) is 8.15. The van der Waals surface area contributed by atoms with Crippen LogP contribution in [0, 0.1) is 4.77 Å². The van der Waals surface area contributed by atoms with E-state index < -0.39 is 0 Å². The lowest BCUT2D eigenvalue weighted by molar-refractivity contribution is 0.202. The lowest BCUT2D eigenvalue weighted by Crippen LogP contribution is -2.37. The zero-order valence-electron chi connectivity index (χ0n) is 11.1. The molecule has 1 aromatic rings.